The van der Waals surface area contributed by atoms with Crippen molar-refractivity contribution in [1.82, 2.24) is 5.32 Å². The first-order chi connectivity index (χ1) is 13.3. The van der Waals surface area contributed by atoms with Crippen molar-refractivity contribution in [3.05, 3.63) is 52.4 Å². The lowest BCUT2D eigenvalue weighted by atomic mass is 10.1. The molecule has 0 bridgehead atoms. The van der Waals surface area contributed by atoms with Crippen LogP contribution >= 0.6 is 0 Å². The van der Waals surface area contributed by atoms with Crippen molar-refractivity contribution >= 4 is 27.6 Å². The molecule has 148 valence electrons. The highest BCUT2D eigenvalue weighted by atomic mass is 19.1. The van der Waals surface area contributed by atoms with Gasteiger partial charge in [-0.3, -0.25) is 10.1 Å². The van der Waals surface area contributed by atoms with Crippen LogP contribution in [0.2, 0.25) is 0 Å². The zero-order valence-electron chi connectivity index (χ0n) is 16.4. The number of ether oxygens (including phenoxy) is 1. The first-order valence-corrected chi connectivity index (χ1v) is 9.59. The molecule has 6 heteroatoms. The van der Waals surface area contributed by atoms with Crippen LogP contribution in [0.1, 0.15) is 27.2 Å². The Morgan fingerprint density at radius 3 is 2.86 bits per heavy atom. The maximum absolute atomic E-state index is 14.1. The Balaban J connectivity index is 1.56. The molecule has 5 nitrogen and oxygen atoms in total. The lowest BCUT2D eigenvalue weighted by Crippen LogP contribution is -2.36. The van der Waals surface area contributed by atoms with E-state index in [0.717, 1.165) is 25.2 Å². The van der Waals surface area contributed by atoms with Crippen LogP contribution in [0.3, 0.4) is 0 Å². The van der Waals surface area contributed by atoms with Gasteiger partial charge in [-0.2, -0.15) is 0 Å². The molecule has 1 fully saturated rings. The highest BCUT2D eigenvalue weighted by molar-refractivity contribution is 5.91. The fourth-order valence-corrected chi connectivity index (χ4v) is 3.56. The van der Waals surface area contributed by atoms with Gasteiger partial charge in [-0.1, -0.05) is 6.07 Å². The number of hydrogen-bond donors (Lipinski definition) is 1. The van der Waals surface area contributed by atoms with Gasteiger partial charge in [0.2, 0.25) is 5.43 Å². The number of benzene rings is 2. The number of fused-ring (bicyclic) bond motifs is 2. The van der Waals surface area contributed by atoms with E-state index in [9.17, 15) is 9.18 Å². The molecule has 0 spiro atoms. The molecule has 2 aromatic carbocycles. The van der Waals surface area contributed by atoms with Crippen molar-refractivity contribution in [2.45, 2.75) is 38.8 Å². The summed E-state index contributed by atoms with van der Waals surface area (Å²) in [6.07, 6.45) is 1.00. The molecule has 0 amide bonds. The zero-order chi connectivity index (χ0) is 19.9. The molecule has 0 radical (unpaired) electrons. The second kappa shape index (κ2) is 7.18. The summed E-state index contributed by atoms with van der Waals surface area (Å²) >= 11 is 0. The third-order valence-corrected chi connectivity index (χ3v) is 5.06. The number of nitrogens with zero attached hydrogens (tertiary/aromatic N) is 1. The van der Waals surface area contributed by atoms with Crippen LogP contribution in [-0.2, 0) is 4.74 Å². The maximum Gasteiger partial charge on any atom is 0.200 e. The minimum absolute atomic E-state index is 0.0115. The summed E-state index contributed by atoms with van der Waals surface area (Å²) < 4.78 is 25.6. The quantitative estimate of drug-likeness (QED) is 0.544. The van der Waals surface area contributed by atoms with Crippen molar-refractivity contribution in [1.29, 1.82) is 0 Å². The van der Waals surface area contributed by atoms with Crippen LogP contribution in [0, 0.1) is 5.82 Å². The van der Waals surface area contributed by atoms with Crippen molar-refractivity contribution in [2.75, 3.05) is 24.7 Å². The lowest BCUT2D eigenvalue weighted by molar-refractivity contribution is -0.0163. The van der Waals surface area contributed by atoms with E-state index in [4.69, 9.17) is 9.15 Å². The van der Waals surface area contributed by atoms with Crippen molar-refractivity contribution in [2.24, 2.45) is 0 Å². The summed E-state index contributed by atoms with van der Waals surface area (Å²) in [6.45, 7) is 8.34. The molecular formula is C22H25FN2O3. The van der Waals surface area contributed by atoms with Crippen molar-refractivity contribution < 1.29 is 13.5 Å². The van der Waals surface area contributed by atoms with Gasteiger partial charge in [0.1, 0.15) is 5.58 Å². The first kappa shape index (κ1) is 18.9. The molecule has 0 aliphatic carbocycles. The number of hydrogen-bond acceptors (Lipinski definition) is 5. The number of halogens is 1. The number of rotatable bonds is 4. The molecule has 4 rings (SSSR count). The molecular weight excluding hydrogens is 359 g/mol. The molecule has 1 aromatic heterocycles. The van der Waals surface area contributed by atoms with Gasteiger partial charge in [0, 0.05) is 30.9 Å². The van der Waals surface area contributed by atoms with E-state index in [1.807, 2.05) is 32.9 Å². The van der Waals surface area contributed by atoms with Crippen LogP contribution in [0.25, 0.3) is 21.9 Å². The molecule has 3 aromatic rings. The topological polar surface area (TPSA) is 54.7 Å². The van der Waals surface area contributed by atoms with Crippen LogP contribution in [0.15, 0.2) is 45.6 Å². The molecule has 1 aliphatic heterocycles. The van der Waals surface area contributed by atoms with Crippen molar-refractivity contribution in [3.63, 3.8) is 0 Å². The average Bonchev–Trinajstić information content (AvgIpc) is 3.10. The molecule has 0 unspecified atom stereocenters. The Hall–Kier alpha value is -2.44. The third-order valence-electron chi connectivity index (χ3n) is 5.06. The fourth-order valence-electron chi connectivity index (χ4n) is 3.56. The van der Waals surface area contributed by atoms with Crippen LogP contribution in [0.5, 0.6) is 0 Å². The van der Waals surface area contributed by atoms with E-state index in [0.29, 0.717) is 23.7 Å². The normalized spacial score (nSPS) is 17.7. The van der Waals surface area contributed by atoms with E-state index < -0.39 is 5.82 Å². The van der Waals surface area contributed by atoms with E-state index in [1.54, 1.807) is 12.1 Å². The Morgan fingerprint density at radius 1 is 1.25 bits per heavy atom. The first-order valence-electron chi connectivity index (χ1n) is 9.59. The van der Waals surface area contributed by atoms with Crippen LogP contribution in [-0.4, -0.2) is 31.5 Å². The minimum atomic E-state index is -0.522. The summed E-state index contributed by atoms with van der Waals surface area (Å²) in [5.41, 5.74) is 1.01. The minimum Gasteiger partial charge on any atom is -0.453 e. The Bertz CT molecular complexity index is 1070. The van der Waals surface area contributed by atoms with E-state index in [2.05, 4.69) is 10.2 Å². The largest absolute Gasteiger partial charge is 0.453 e. The average molecular weight is 384 g/mol. The summed E-state index contributed by atoms with van der Waals surface area (Å²) in [5.74, 6) is -0.522. The summed E-state index contributed by atoms with van der Waals surface area (Å²) in [6, 6.07) is 10.3. The van der Waals surface area contributed by atoms with Gasteiger partial charge in [0.25, 0.3) is 0 Å². The SMILES string of the molecule is CC(C)(C)OCN[C@@H]1CCN(c2ccc3c(=O)c4cccc(F)c4oc3c2)C1. The van der Waals surface area contributed by atoms with Gasteiger partial charge in [-0.15, -0.1) is 0 Å². The van der Waals surface area contributed by atoms with Gasteiger partial charge in [0.15, 0.2) is 11.4 Å². The third kappa shape index (κ3) is 3.75. The van der Waals surface area contributed by atoms with Crippen molar-refractivity contribution in [3.8, 4) is 0 Å². The molecule has 1 atom stereocenters. The molecule has 28 heavy (non-hydrogen) atoms. The van der Waals surface area contributed by atoms with E-state index >= 15 is 0 Å². The zero-order valence-corrected chi connectivity index (χ0v) is 16.4. The summed E-state index contributed by atoms with van der Waals surface area (Å²) in [7, 11) is 0. The fraction of sp³-hybridized carbons (Fsp3) is 0.409. The number of nitrogens with one attached hydrogen (secondary N) is 1. The molecule has 0 saturated carbocycles. The molecule has 2 heterocycles. The highest BCUT2D eigenvalue weighted by Gasteiger charge is 2.23. The predicted molar refractivity (Wildman–Crippen MR) is 109 cm³/mol. The molecule has 1 N–H and O–H groups in total. The van der Waals surface area contributed by atoms with Gasteiger partial charge in [-0.25, -0.2) is 4.39 Å². The second-order valence-electron chi connectivity index (χ2n) is 8.26. The molecule has 1 aliphatic rings. The van der Waals surface area contributed by atoms with Gasteiger partial charge in [0.05, 0.1) is 23.1 Å². The standard InChI is InChI=1S/C22H25FN2O3/c1-22(2,3)27-13-24-14-9-10-25(12-14)15-7-8-16-19(11-15)28-21-17(20(16)26)5-4-6-18(21)23/h4-8,11,14,24H,9-10,12-13H2,1-3H3/t14-/m1/s1. The molecule has 1 saturated heterocycles. The number of anilines is 1. The monoisotopic (exact) mass is 384 g/mol. The van der Waals surface area contributed by atoms with Crippen LogP contribution < -0.4 is 15.6 Å². The van der Waals surface area contributed by atoms with E-state index in [1.165, 1.54) is 12.1 Å². The van der Waals surface area contributed by atoms with Gasteiger partial charge < -0.3 is 14.1 Å². The Morgan fingerprint density at radius 2 is 2.07 bits per heavy atom. The van der Waals surface area contributed by atoms with E-state index in [-0.39, 0.29) is 22.0 Å². The van der Waals surface area contributed by atoms with Gasteiger partial charge >= 0.3 is 0 Å². The number of para-hydroxylation sites is 1. The second-order valence-corrected chi connectivity index (χ2v) is 8.26. The van der Waals surface area contributed by atoms with Gasteiger partial charge in [-0.05, 0) is 51.5 Å². The van der Waals surface area contributed by atoms with Crippen LogP contribution in [0.4, 0.5) is 10.1 Å². The maximum atomic E-state index is 14.1. The summed E-state index contributed by atoms with van der Waals surface area (Å²) in [4.78, 5) is 14.9. The smallest absolute Gasteiger partial charge is 0.200 e. The predicted octanol–water partition coefficient (Wildman–Crippen LogP) is 4.03. The lowest BCUT2D eigenvalue weighted by Gasteiger charge is -2.22. The Labute approximate surface area is 163 Å². The Kier molecular flexibility index (Phi) is 4.85. The highest BCUT2D eigenvalue weighted by Crippen LogP contribution is 2.27. The summed E-state index contributed by atoms with van der Waals surface area (Å²) in [5, 5.41) is 4.16.